The van der Waals surface area contributed by atoms with Gasteiger partial charge in [0.1, 0.15) is 0 Å². The minimum Gasteiger partial charge on any atom is -0.548 e. The van der Waals surface area contributed by atoms with Gasteiger partial charge in [-0.05, 0) is 104 Å². The van der Waals surface area contributed by atoms with Gasteiger partial charge in [0, 0.05) is 22.1 Å². The standard InChI is InChI=1S/C17H13I3N2O5.2Na/c18-9-5-12(16(20)13(19)6-9)17(27)21-10-1-3-11(4-2-10)22(7-14(23)24)8-15(25)26;;/h1-6H,7-8H2,(H,21,27)(H,23,24)(H,25,26);;/q;2*+1/p-2. The Balaban J connectivity index is 0.00000392. The van der Waals surface area contributed by atoms with Crippen LogP contribution < -0.4 is 79.5 Å². The van der Waals surface area contributed by atoms with Gasteiger partial charge >= 0.3 is 59.1 Å². The number of nitrogens with zero attached hydrogens (tertiary/aromatic N) is 1. The van der Waals surface area contributed by atoms with E-state index in [0.717, 1.165) is 15.6 Å². The summed E-state index contributed by atoms with van der Waals surface area (Å²) in [5.74, 6) is -3.09. The molecule has 1 N–H and O–H groups in total. The molecular weight excluding hydrogens is 739 g/mol. The number of carbonyl (C=O) groups is 3. The van der Waals surface area contributed by atoms with Gasteiger partial charge < -0.3 is 30.0 Å². The second-order valence-electron chi connectivity index (χ2n) is 5.35. The number of amides is 1. The third-order valence-electron chi connectivity index (χ3n) is 3.37. The van der Waals surface area contributed by atoms with Gasteiger partial charge in [-0.3, -0.25) is 4.79 Å². The first kappa shape index (κ1) is 29.8. The number of rotatable bonds is 7. The molecule has 7 nitrogen and oxygen atoms in total. The van der Waals surface area contributed by atoms with E-state index in [9.17, 15) is 24.6 Å². The normalized spacial score (nSPS) is 9.62. The molecule has 29 heavy (non-hydrogen) atoms. The summed E-state index contributed by atoms with van der Waals surface area (Å²) in [5.41, 5.74) is 1.40. The van der Waals surface area contributed by atoms with Crippen molar-refractivity contribution in [3.63, 3.8) is 0 Å². The maximum absolute atomic E-state index is 12.5. The van der Waals surface area contributed by atoms with Crippen LogP contribution in [-0.4, -0.2) is 30.9 Å². The van der Waals surface area contributed by atoms with E-state index in [4.69, 9.17) is 0 Å². The number of carboxylic acids is 2. The predicted molar refractivity (Wildman–Crippen MR) is 121 cm³/mol. The molecule has 2 aromatic rings. The Kier molecular flexibility index (Phi) is 14.5. The molecule has 0 aliphatic carbocycles. The maximum atomic E-state index is 12.5. The van der Waals surface area contributed by atoms with E-state index in [0.29, 0.717) is 16.9 Å². The maximum Gasteiger partial charge on any atom is 1.00 e. The van der Waals surface area contributed by atoms with Crippen LogP contribution in [0.1, 0.15) is 10.4 Å². The number of carboxylic acid groups (broad SMARTS) is 2. The van der Waals surface area contributed by atoms with Crippen molar-refractivity contribution >= 4 is 97.0 Å². The third kappa shape index (κ3) is 9.47. The Hall–Kier alpha value is 0.840. The zero-order valence-electron chi connectivity index (χ0n) is 15.5. The Morgan fingerprint density at radius 2 is 1.41 bits per heavy atom. The predicted octanol–water partition coefficient (Wildman–Crippen LogP) is -4.93. The van der Waals surface area contributed by atoms with Gasteiger partial charge in [-0.15, -0.1) is 0 Å². The molecule has 12 heteroatoms. The second kappa shape index (κ2) is 14.1. The molecular formula is C17H11I3N2Na2O5. The van der Waals surface area contributed by atoms with Gasteiger partial charge in [0.2, 0.25) is 0 Å². The van der Waals surface area contributed by atoms with Crippen molar-refractivity contribution in [3.8, 4) is 0 Å². The first-order valence-corrected chi connectivity index (χ1v) is 10.6. The van der Waals surface area contributed by atoms with Crippen LogP contribution >= 0.6 is 67.8 Å². The van der Waals surface area contributed by atoms with Crippen LogP contribution in [0.25, 0.3) is 0 Å². The molecule has 0 unspecified atom stereocenters. The first-order chi connectivity index (χ1) is 12.7. The summed E-state index contributed by atoms with van der Waals surface area (Å²) in [6, 6.07) is 9.93. The van der Waals surface area contributed by atoms with Gasteiger partial charge in [0.25, 0.3) is 5.91 Å². The van der Waals surface area contributed by atoms with Gasteiger partial charge in [-0.25, -0.2) is 0 Å². The number of hydrogen-bond acceptors (Lipinski definition) is 6. The molecule has 0 fully saturated rings. The van der Waals surface area contributed by atoms with E-state index < -0.39 is 25.0 Å². The van der Waals surface area contributed by atoms with Gasteiger partial charge in [-0.2, -0.15) is 0 Å². The van der Waals surface area contributed by atoms with Crippen molar-refractivity contribution in [2.75, 3.05) is 23.3 Å². The Labute approximate surface area is 252 Å². The monoisotopic (exact) mass is 750 g/mol. The van der Waals surface area contributed by atoms with E-state index in [1.165, 1.54) is 12.1 Å². The molecule has 0 atom stereocenters. The summed E-state index contributed by atoms with van der Waals surface area (Å²) in [7, 11) is 0. The van der Waals surface area contributed by atoms with Crippen molar-refractivity contribution in [2.45, 2.75) is 0 Å². The Morgan fingerprint density at radius 3 is 1.90 bits per heavy atom. The summed E-state index contributed by atoms with van der Waals surface area (Å²) in [5, 5.41) is 24.4. The fourth-order valence-corrected chi connectivity index (χ4v) is 4.63. The summed E-state index contributed by atoms with van der Waals surface area (Å²) in [6.07, 6.45) is 0. The van der Waals surface area contributed by atoms with Crippen molar-refractivity contribution in [1.29, 1.82) is 0 Å². The summed E-state index contributed by atoms with van der Waals surface area (Å²) < 4.78 is 2.76. The molecule has 0 aromatic heterocycles. The molecule has 0 aliphatic rings. The number of hydrogen-bond donors (Lipinski definition) is 1. The average molecular weight is 750 g/mol. The van der Waals surface area contributed by atoms with Crippen LogP contribution in [0.4, 0.5) is 11.4 Å². The quantitative estimate of drug-likeness (QED) is 0.173. The molecule has 142 valence electrons. The number of nitrogens with one attached hydrogen (secondary N) is 1. The van der Waals surface area contributed by atoms with E-state index in [1.54, 1.807) is 18.2 Å². The van der Waals surface area contributed by atoms with Crippen LogP contribution in [0.15, 0.2) is 36.4 Å². The van der Waals surface area contributed by atoms with Crippen LogP contribution in [0.2, 0.25) is 0 Å². The average Bonchev–Trinajstić information content (AvgIpc) is 2.57. The zero-order chi connectivity index (χ0) is 20.1. The molecule has 2 aromatic carbocycles. The van der Waals surface area contributed by atoms with Gasteiger partial charge in [0.05, 0.1) is 30.6 Å². The summed E-state index contributed by atoms with van der Waals surface area (Å²) in [6.45, 7) is -1.17. The van der Waals surface area contributed by atoms with Crippen LogP contribution in [0.5, 0.6) is 0 Å². The molecule has 2 rings (SSSR count). The minimum absolute atomic E-state index is 0. The molecule has 0 saturated carbocycles. The summed E-state index contributed by atoms with van der Waals surface area (Å²) >= 11 is 6.42. The first-order valence-electron chi connectivity index (χ1n) is 7.38. The van der Waals surface area contributed by atoms with E-state index >= 15 is 0 Å². The number of carbonyl (C=O) groups excluding carboxylic acids is 3. The molecule has 0 heterocycles. The Bertz CT molecular complexity index is 881. The molecule has 0 saturated heterocycles. The van der Waals surface area contributed by atoms with Crippen LogP contribution in [-0.2, 0) is 9.59 Å². The van der Waals surface area contributed by atoms with Crippen molar-refractivity contribution in [3.05, 3.63) is 52.7 Å². The van der Waals surface area contributed by atoms with E-state index in [1.807, 2.05) is 6.07 Å². The fraction of sp³-hybridized carbons (Fsp3) is 0.118. The van der Waals surface area contributed by atoms with Crippen molar-refractivity contribution in [2.24, 2.45) is 0 Å². The van der Waals surface area contributed by atoms with Crippen molar-refractivity contribution < 1.29 is 83.7 Å². The molecule has 0 spiro atoms. The number of anilines is 2. The number of halogens is 3. The topological polar surface area (TPSA) is 113 Å². The second-order valence-corrected chi connectivity index (χ2v) is 8.84. The number of benzene rings is 2. The third-order valence-corrected chi connectivity index (χ3v) is 7.04. The molecule has 0 bridgehead atoms. The largest absolute Gasteiger partial charge is 1.00 e. The van der Waals surface area contributed by atoms with Crippen LogP contribution in [0.3, 0.4) is 0 Å². The van der Waals surface area contributed by atoms with Crippen LogP contribution in [0, 0.1) is 10.7 Å². The van der Waals surface area contributed by atoms with Crippen molar-refractivity contribution in [1.82, 2.24) is 0 Å². The van der Waals surface area contributed by atoms with E-state index in [2.05, 4.69) is 73.1 Å². The van der Waals surface area contributed by atoms with Gasteiger partial charge in [0.15, 0.2) is 0 Å². The molecule has 1 amide bonds. The summed E-state index contributed by atoms with van der Waals surface area (Å²) in [4.78, 5) is 35.2. The minimum atomic E-state index is -1.41. The molecule has 0 aliphatic heterocycles. The molecule has 0 radical (unpaired) electrons. The van der Waals surface area contributed by atoms with Gasteiger partial charge in [-0.1, -0.05) is 0 Å². The number of aliphatic carboxylic acids is 2. The Morgan fingerprint density at radius 1 is 0.897 bits per heavy atom. The fourth-order valence-electron chi connectivity index (χ4n) is 2.23. The van der Waals surface area contributed by atoms with E-state index in [-0.39, 0.29) is 65.0 Å². The SMILES string of the molecule is O=C([O-])CN(CC(=O)[O-])c1ccc(NC(=O)c2cc(I)cc(I)c2I)cc1.[Na+].[Na+]. The zero-order valence-corrected chi connectivity index (χ0v) is 26.0. The smallest absolute Gasteiger partial charge is 0.548 e.